The Morgan fingerprint density at radius 3 is 2.50 bits per heavy atom. The molecule has 0 unspecified atom stereocenters. The van der Waals surface area contributed by atoms with Crippen LogP contribution in [0.25, 0.3) is 0 Å². The van der Waals surface area contributed by atoms with Crippen LogP contribution in [0, 0.1) is 11.8 Å². The molecule has 0 heterocycles. The van der Waals surface area contributed by atoms with Gasteiger partial charge in [-0.25, -0.2) is 9.59 Å². The number of carbonyl (C=O) groups excluding carboxylic acids is 1. The van der Waals surface area contributed by atoms with Crippen molar-refractivity contribution in [2.24, 2.45) is 11.8 Å². The van der Waals surface area contributed by atoms with Gasteiger partial charge in [0.15, 0.2) is 0 Å². The van der Waals surface area contributed by atoms with Crippen molar-refractivity contribution in [1.29, 1.82) is 0 Å². The molecule has 1 rings (SSSR count). The van der Waals surface area contributed by atoms with Crippen LogP contribution in [0.1, 0.15) is 58.8 Å². The number of carboxylic acids is 1. The molecule has 2 amide bonds. The molecule has 1 aliphatic carbocycles. The summed E-state index contributed by atoms with van der Waals surface area (Å²) >= 11 is 0. The van der Waals surface area contributed by atoms with E-state index in [1.54, 1.807) is 0 Å². The number of carbonyl (C=O) groups is 2. The molecule has 2 atom stereocenters. The maximum absolute atomic E-state index is 11.7. The van der Waals surface area contributed by atoms with Crippen LogP contribution < -0.4 is 10.6 Å². The summed E-state index contributed by atoms with van der Waals surface area (Å²) in [5.74, 6) is -0.219. The fourth-order valence-corrected chi connectivity index (χ4v) is 2.77. The number of urea groups is 1. The van der Waals surface area contributed by atoms with E-state index in [0.29, 0.717) is 6.54 Å². The van der Waals surface area contributed by atoms with Crippen molar-refractivity contribution < 1.29 is 14.7 Å². The lowest BCUT2D eigenvalue weighted by molar-refractivity contribution is -0.140. The minimum Gasteiger partial charge on any atom is -0.480 e. The van der Waals surface area contributed by atoms with Gasteiger partial charge in [-0.15, -0.1) is 0 Å². The predicted molar refractivity (Wildman–Crippen MR) is 78.6 cm³/mol. The Morgan fingerprint density at radius 2 is 1.95 bits per heavy atom. The monoisotopic (exact) mass is 284 g/mol. The van der Waals surface area contributed by atoms with Gasteiger partial charge in [0.05, 0.1) is 0 Å². The summed E-state index contributed by atoms with van der Waals surface area (Å²) in [6.45, 7) is 4.37. The van der Waals surface area contributed by atoms with Gasteiger partial charge >= 0.3 is 12.0 Å². The highest BCUT2D eigenvalue weighted by atomic mass is 16.4. The van der Waals surface area contributed by atoms with Crippen LogP contribution in [0.3, 0.4) is 0 Å². The van der Waals surface area contributed by atoms with Gasteiger partial charge in [-0.1, -0.05) is 46.0 Å². The van der Waals surface area contributed by atoms with E-state index in [4.69, 9.17) is 5.11 Å². The van der Waals surface area contributed by atoms with Gasteiger partial charge in [0.25, 0.3) is 0 Å². The van der Waals surface area contributed by atoms with Crippen LogP contribution in [0.15, 0.2) is 0 Å². The fraction of sp³-hybridized carbons (Fsp3) is 0.867. The molecule has 0 aromatic carbocycles. The van der Waals surface area contributed by atoms with Crippen molar-refractivity contribution in [3.8, 4) is 0 Å². The number of hydrogen-bond donors (Lipinski definition) is 3. The number of amides is 2. The number of nitrogens with one attached hydrogen (secondary N) is 2. The molecule has 1 aliphatic rings. The zero-order chi connectivity index (χ0) is 15.0. The molecule has 116 valence electrons. The molecular formula is C15H28N2O3. The van der Waals surface area contributed by atoms with E-state index in [2.05, 4.69) is 10.6 Å². The third-order valence-corrected chi connectivity index (χ3v) is 4.32. The Morgan fingerprint density at radius 1 is 1.30 bits per heavy atom. The summed E-state index contributed by atoms with van der Waals surface area (Å²) < 4.78 is 0. The Labute approximate surface area is 121 Å². The quantitative estimate of drug-likeness (QED) is 0.600. The normalized spacial score (nSPS) is 18.5. The van der Waals surface area contributed by atoms with Crippen LogP contribution in [0.4, 0.5) is 4.79 Å². The van der Waals surface area contributed by atoms with Gasteiger partial charge in [-0.2, -0.15) is 0 Å². The third-order valence-electron chi connectivity index (χ3n) is 4.32. The van der Waals surface area contributed by atoms with E-state index in [1.165, 1.54) is 25.7 Å². The van der Waals surface area contributed by atoms with Gasteiger partial charge in [0, 0.05) is 6.54 Å². The topological polar surface area (TPSA) is 78.4 Å². The Hall–Kier alpha value is -1.26. The highest BCUT2D eigenvalue weighted by Gasteiger charge is 2.25. The fourth-order valence-electron chi connectivity index (χ4n) is 2.77. The minimum atomic E-state index is -0.972. The second-order valence-corrected chi connectivity index (χ2v) is 5.89. The molecule has 0 aliphatic heterocycles. The first-order valence-electron chi connectivity index (χ1n) is 7.81. The Kier molecular flexibility index (Phi) is 7.41. The van der Waals surface area contributed by atoms with E-state index in [1.807, 2.05) is 13.8 Å². The van der Waals surface area contributed by atoms with Gasteiger partial charge in [-0.05, 0) is 24.7 Å². The van der Waals surface area contributed by atoms with Gasteiger partial charge in [0.1, 0.15) is 6.04 Å². The van der Waals surface area contributed by atoms with Crippen molar-refractivity contribution in [2.45, 2.75) is 64.8 Å². The number of aliphatic carboxylic acids is 1. The van der Waals surface area contributed by atoms with Gasteiger partial charge < -0.3 is 15.7 Å². The van der Waals surface area contributed by atoms with Crippen molar-refractivity contribution >= 4 is 12.0 Å². The molecule has 5 heteroatoms. The van der Waals surface area contributed by atoms with Crippen molar-refractivity contribution in [3.63, 3.8) is 0 Å². The predicted octanol–water partition coefficient (Wildman–Crippen LogP) is 2.76. The zero-order valence-electron chi connectivity index (χ0n) is 12.7. The molecule has 20 heavy (non-hydrogen) atoms. The molecule has 0 radical (unpaired) electrons. The third kappa shape index (κ3) is 5.80. The largest absolute Gasteiger partial charge is 0.480 e. The first-order valence-corrected chi connectivity index (χ1v) is 7.81. The second kappa shape index (κ2) is 8.82. The molecule has 0 aromatic heterocycles. The average molecular weight is 284 g/mol. The maximum Gasteiger partial charge on any atom is 0.326 e. The first kappa shape index (κ1) is 16.8. The Balaban J connectivity index is 2.18. The summed E-state index contributed by atoms with van der Waals surface area (Å²) in [4.78, 5) is 22.8. The Bertz CT molecular complexity index is 314. The van der Waals surface area contributed by atoms with Crippen LogP contribution in [-0.4, -0.2) is 29.7 Å². The second-order valence-electron chi connectivity index (χ2n) is 5.89. The summed E-state index contributed by atoms with van der Waals surface area (Å²) in [6.07, 6.45) is 8.18. The number of carboxylic acid groups (broad SMARTS) is 1. The standard InChI is InChI=1S/C15H28N2O3/c1-3-11(2)13(14(18)19)17-15(20)16-10-6-9-12-7-4-5-8-12/h11-13H,3-10H2,1-2H3,(H,18,19)(H2,16,17,20)/t11-,13-/m0/s1. The summed E-state index contributed by atoms with van der Waals surface area (Å²) in [5, 5.41) is 14.4. The van der Waals surface area contributed by atoms with Crippen molar-refractivity contribution in [1.82, 2.24) is 10.6 Å². The molecule has 1 fully saturated rings. The number of rotatable bonds is 8. The van der Waals surface area contributed by atoms with Crippen LogP contribution in [0.2, 0.25) is 0 Å². The molecule has 0 spiro atoms. The van der Waals surface area contributed by atoms with Crippen LogP contribution in [-0.2, 0) is 4.79 Å². The molecule has 0 bridgehead atoms. The van der Waals surface area contributed by atoms with Crippen molar-refractivity contribution in [3.05, 3.63) is 0 Å². The highest BCUT2D eigenvalue weighted by molar-refractivity contribution is 5.82. The first-order chi connectivity index (χ1) is 9.54. The van der Waals surface area contributed by atoms with Gasteiger partial charge in [0.2, 0.25) is 0 Å². The maximum atomic E-state index is 11.7. The molecule has 0 aromatic rings. The minimum absolute atomic E-state index is 0.0725. The van der Waals surface area contributed by atoms with Gasteiger partial charge in [-0.3, -0.25) is 0 Å². The average Bonchev–Trinajstić information content (AvgIpc) is 2.93. The number of hydrogen-bond acceptors (Lipinski definition) is 2. The lowest BCUT2D eigenvalue weighted by Gasteiger charge is -2.20. The van der Waals surface area contributed by atoms with Crippen LogP contribution in [0.5, 0.6) is 0 Å². The summed E-state index contributed by atoms with van der Waals surface area (Å²) in [6, 6.07) is -1.18. The van der Waals surface area contributed by atoms with E-state index < -0.39 is 12.0 Å². The van der Waals surface area contributed by atoms with Crippen molar-refractivity contribution in [2.75, 3.05) is 6.54 Å². The summed E-state index contributed by atoms with van der Waals surface area (Å²) in [7, 11) is 0. The van der Waals surface area contributed by atoms with E-state index >= 15 is 0 Å². The lowest BCUT2D eigenvalue weighted by Crippen LogP contribution is -2.49. The summed E-state index contributed by atoms with van der Waals surface area (Å²) in [5.41, 5.74) is 0. The molecule has 0 saturated heterocycles. The SMILES string of the molecule is CC[C@H](C)[C@H](NC(=O)NCCCC1CCCC1)C(=O)O. The van der Waals surface area contributed by atoms with Crippen LogP contribution >= 0.6 is 0 Å². The lowest BCUT2D eigenvalue weighted by atomic mass is 9.99. The molecule has 1 saturated carbocycles. The van der Waals surface area contributed by atoms with E-state index in [-0.39, 0.29) is 11.9 Å². The highest BCUT2D eigenvalue weighted by Crippen LogP contribution is 2.28. The zero-order valence-corrected chi connectivity index (χ0v) is 12.7. The molecule has 5 nitrogen and oxygen atoms in total. The smallest absolute Gasteiger partial charge is 0.326 e. The van der Waals surface area contributed by atoms with E-state index in [9.17, 15) is 9.59 Å². The van der Waals surface area contributed by atoms with E-state index in [0.717, 1.165) is 25.2 Å². The molecule has 3 N–H and O–H groups in total. The molecular weight excluding hydrogens is 256 g/mol.